The lowest BCUT2D eigenvalue weighted by atomic mass is 10.2. The second-order valence-electron chi connectivity index (χ2n) is 6.85. The highest BCUT2D eigenvalue weighted by Crippen LogP contribution is 2.23. The maximum atomic E-state index is 13.5. The molecule has 0 amide bonds. The van der Waals surface area contributed by atoms with Gasteiger partial charge in [-0.05, 0) is 69.9 Å². The molecule has 0 unspecified atom stereocenters. The quantitative estimate of drug-likeness (QED) is 0.574. The van der Waals surface area contributed by atoms with Gasteiger partial charge < -0.3 is 15.5 Å². The minimum absolute atomic E-state index is 0.231. The van der Waals surface area contributed by atoms with Gasteiger partial charge in [0.15, 0.2) is 0 Å². The predicted octanol–water partition coefficient (Wildman–Crippen LogP) is 4.09. The topological polar surface area (TPSA) is 66.0 Å². The minimum Gasteiger partial charge on any atom is -0.354 e. The molecule has 2 N–H and O–H groups in total. The van der Waals surface area contributed by atoms with Crippen LogP contribution in [-0.4, -0.2) is 47.0 Å². The number of aromatic nitrogens is 3. The summed E-state index contributed by atoms with van der Waals surface area (Å²) in [5.74, 6) is 0.922. The van der Waals surface area contributed by atoms with Crippen LogP contribution in [0.4, 0.5) is 21.8 Å². The van der Waals surface area contributed by atoms with Gasteiger partial charge >= 0.3 is 0 Å². The zero-order valence-electron chi connectivity index (χ0n) is 16.4. The van der Waals surface area contributed by atoms with Gasteiger partial charge in [0, 0.05) is 24.5 Å². The van der Waals surface area contributed by atoms with Crippen molar-refractivity contribution in [3.05, 3.63) is 60.0 Å². The van der Waals surface area contributed by atoms with Gasteiger partial charge in [-0.25, -0.2) is 9.37 Å². The summed E-state index contributed by atoms with van der Waals surface area (Å²) in [6.07, 6.45) is 2.71. The molecule has 0 spiro atoms. The lowest BCUT2D eigenvalue weighted by Crippen LogP contribution is -2.17. The molecule has 0 saturated heterocycles. The van der Waals surface area contributed by atoms with E-state index in [9.17, 15) is 4.39 Å². The molecule has 2 aromatic heterocycles. The van der Waals surface area contributed by atoms with Crippen molar-refractivity contribution in [2.24, 2.45) is 0 Å². The molecule has 0 aliphatic rings. The molecule has 28 heavy (non-hydrogen) atoms. The number of nitrogens with one attached hydrogen (secondary N) is 2. The first kappa shape index (κ1) is 19.7. The lowest BCUT2D eigenvalue weighted by Gasteiger charge is -2.13. The Morgan fingerprint density at radius 1 is 1.04 bits per heavy atom. The highest BCUT2D eigenvalue weighted by Gasteiger charge is 2.09. The minimum atomic E-state index is -0.231. The molecule has 0 fully saturated rings. The Kier molecular flexibility index (Phi) is 6.49. The van der Waals surface area contributed by atoms with E-state index in [2.05, 4.69) is 30.5 Å². The van der Waals surface area contributed by atoms with E-state index in [1.54, 1.807) is 25.3 Å². The van der Waals surface area contributed by atoms with E-state index >= 15 is 0 Å². The van der Waals surface area contributed by atoms with Gasteiger partial charge in [0.25, 0.3) is 0 Å². The van der Waals surface area contributed by atoms with E-state index in [1.807, 2.05) is 38.4 Å². The Bertz CT molecular complexity index is 914. The summed E-state index contributed by atoms with van der Waals surface area (Å²) < 4.78 is 13.5. The number of benzene rings is 1. The zero-order valence-corrected chi connectivity index (χ0v) is 16.4. The third-order valence-corrected chi connectivity index (χ3v) is 4.15. The van der Waals surface area contributed by atoms with Gasteiger partial charge in [-0.15, -0.1) is 0 Å². The molecule has 0 atom stereocenters. The lowest BCUT2D eigenvalue weighted by molar-refractivity contribution is 0.405. The largest absolute Gasteiger partial charge is 0.354 e. The third-order valence-electron chi connectivity index (χ3n) is 4.15. The van der Waals surface area contributed by atoms with Crippen LogP contribution in [-0.2, 0) is 0 Å². The van der Waals surface area contributed by atoms with Crippen LogP contribution in [0.25, 0.3) is 11.4 Å². The maximum Gasteiger partial charge on any atom is 0.225 e. The highest BCUT2D eigenvalue weighted by atomic mass is 19.1. The summed E-state index contributed by atoms with van der Waals surface area (Å²) >= 11 is 0. The van der Waals surface area contributed by atoms with Crippen LogP contribution in [0, 0.1) is 12.7 Å². The van der Waals surface area contributed by atoms with E-state index < -0.39 is 0 Å². The van der Waals surface area contributed by atoms with Gasteiger partial charge in [-0.3, -0.25) is 4.98 Å². The second-order valence-corrected chi connectivity index (χ2v) is 6.85. The number of nitrogens with zero attached hydrogens (tertiary/aromatic N) is 4. The fourth-order valence-corrected chi connectivity index (χ4v) is 2.70. The number of pyridine rings is 1. The first-order valence-electron chi connectivity index (χ1n) is 9.23. The SMILES string of the molecule is Cc1cc(Nc2cc(-c3ccccn3)nc(NCCCN(C)C)n2)ccc1F. The normalized spacial score (nSPS) is 10.9. The van der Waals surface area contributed by atoms with Crippen LogP contribution >= 0.6 is 0 Å². The Balaban J connectivity index is 1.85. The van der Waals surface area contributed by atoms with Crippen molar-refractivity contribution < 1.29 is 4.39 Å². The molecule has 3 rings (SSSR count). The number of aryl methyl sites for hydroxylation is 1. The van der Waals surface area contributed by atoms with Crippen molar-refractivity contribution in [2.75, 3.05) is 37.8 Å². The van der Waals surface area contributed by atoms with E-state index in [0.717, 1.165) is 30.9 Å². The van der Waals surface area contributed by atoms with E-state index in [-0.39, 0.29) is 5.82 Å². The molecule has 3 aromatic rings. The first-order chi connectivity index (χ1) is 13.5. The number of anilines is 3. The monoisotopic (exact) mass is 380 g/mol. The van der Waals surface area contributed by atoms with Crippen molar-refractivity contribution in [1.82, 2.24) is 19.9 Å². The number of rotatable bonds is 8. The molecule has 7 heteroatoms. The van der Waals surface area contributed by atoms with Crippen LogP contribution in [0.15, 0.2) is 48.7 Å². The molecule has 0 aliphatic heterocycles. The number of halogens is 1. The Morgan fingerprint density at radius 3 is 2.61 bits per heavy atom. The van der Waals surface area contributed by atoms with Crippen molar-refractivity contribution in [3.63, 3.8) is 0 Å². The van der Waals surface area contributed by atoms with Crippen molar-refractivity contribution in [1.29, 1.82) is 0 Å². The molecule has 2 heterocycles. The summed E-state index contributed by atoms with van der Waals surface area (Å²) in [6, 6.07) is 12.4. The van der Waals surface area contributed by atoms with Crippen LogP contribution in [0.2, 0.25) is 0 Å². The van der Waals surface area contributed by atoms with Gasteiger partial charge in [0.1, 0.15) is 11.6 Å². The summed E-state index contributed by atoms with van der Waals surface area (Å²) in [6.45, 7) is 3.48. The Morgan fingerprint density at radius 2 is 1.89 bits per heavy atom. The fourth-order valence-electron chi connectivity index (χ4n) is 2.70. The standard InChI is InChI=1S/C21H25FN6/c1-15-13-16(8-9-17(15)22)25-20-14-19(18-7-4-5-10-23-18)26-21(27-20)24-11-6-12-28(2)3/h4-5,7-10,13-14H,6,11-12H2,1-3H3,(H2,24,25,26,27). The first-order valence-corrected chi connectivity index (χ1v) is 9.23. The van der Waals surface area contributed by atoms with Crippen LogP contribution in [0.1, 0.15) is 12.0 Å². The van der Waals surface area contributed by atoms with Crippen molar-refractivity contribution >= 4 is 17.5 Å². The summed E-state index contributed by atoms with van der Waals surface area (Å²) in [4.78, 5) is 15.7. The van der Waals surface area contributed by atoms with Crippen molar-refractivity contribution in [3.8, 4) is 11.4 Å². The summed E-state index contributed by atoms with van der Waals surface area (Å²) in [5.41, 5.74) is 2.82. The van der Waals surface area contributed by atoms with E-state index in [0.29, 0.717) is 23.0 Å². The average Bonchev–Trinajstić information content (AvgIpc) is 2.68. The van der Waals surface area contributed by atoms with Gasteiger partial charge in [-0.1, -0.05) is 6.07 Å². The molecular formula is C21H25FN6. The number of hydrogen-bond donors (Lipinski definition) is 2. The van der Waals surface area contributed by atoms with Crippen LogP contribution in [0.3, 0.4) is 0 Å². The Labute approximate surface area is 164 Å². The van der Waals surface area contributed by atoms with Gasteiger partial charge in [0.2, 0.25) is 5.95 Å². The van der Waals surface area contributed by atoms with Gasteiger partial charge in [0.05, 0.1) is 11.4 Å². The second kappa shape index (κ2) is 9.23. The van der Waals surface area contributed by atoms with E-state index in [4.69, 9.17) is 0 Å². The van der Waals surface area contributed by atoms with Crippen molar-refractivity contribution in [2.45, 2.75) is 13.3 Å². The molecule has 0 radical (unpaired) electrons. The Hall–Kier alpha value is -3.06. The zero-order chi connectivity index (χ0) is 19.9. The fraction of sp³-hybridized carbons (Fsp3) is 0.286. The molecule has 1 aromatic carbocycles. The molecule has 0 aliphatic carbocycles. The average molecular weight is 380 g/mol. The summed E-state index contributed by atoms with van der Waals surface area (Å²) in [7, 11) is 4.09. The van der Waals surface area contributed by atoms with Crippen LogP contribution < -0.4 is 10.6 Å². The van der Waals surface area contributed by atoms with Crippen LogP contribution in [0.5, 0.6) is 0 Å². The molecular weight excluding hydrogens is 355 g/mol. The molecule has 0 saturated carbocycles. The predicted molar refractivity (Wildman–Crippen MR) is 111 cm³/mol. The smallest absolute Gasteiger partial charge is 0.225 e. The van der Waals surface area contributed by atoms with E-state index in [1.165, 1.54) is 6.07 Å². The third kappa shape index (κ3) is 5.47. The molecule has 146 valence electrons. The van der Waals surface area contributed by atoms with Gasteiger partial charge in [-0.2, -0.15) is 4.98 Å². The molecule has 0 bridgehead atoms. The highest BCUT2D eigenvalue weighted by molar-refractivity contribution is 5.65. The maximum absolute atomic E-state index is 13.5. The summed E-state index contributed by atoms with van der Waals surface area (Å²) in [5, 5.41) is 6.52. The molecule has 6 nitrogen and oxygen atoms in total. The number of hydrogen-bond acceptors (Lipinski definition) is 6.